The van der Waals surface area contributed by atoms with E-state index >= 15 is 0 Å². The summed E-state index contributed by atoms with van der Waals surface area (Å²) in [5.41, 5.74) is 2.24. The number of rotatable bonds is 7. The number of hydrogen-bond donors (Lipinski definition) is 0. The smallest absolute Gasteiger partial charge is 0.261 e. The lowest BCUT2D eigenvalue weighted by atomic mass is 10.2. The molecule has 2 aromatic rings. The molecule has 0 unspecified atom stereocenters. The number of benzene rings is 2. The van der Waals surface area contributed by atoms with Gasteiger partial charge in [-0.2, -0.15) is 0 Å². The van der Waals surface area contributed by atoms with Gasteiger partial charge in [0, 0.05) is 12.6 Å². The van der Waals surface area contributed by atoms with Crippen molar-refractivity contribution in [1.82, 2.24) is 4.90 Å². The van der Waals surface area contributed by atoms with Crippen LogP contribution in [0.15, 0.2) is 46.9 Å². The summed E-state index contributed by atoms with van der Waals surface area (Å²) in [5, 5.41) is 0. The lowest BCUT2D eigenvalue weighted by Gasteiger charge is -2.23. The van der Waals surface area contributed by atoms with Crippen molar-refractivity contribution in [2.75, 3.05) is 13.7 Å². The third-order valence-electron chi connectivity index (χ3n) is 4.26. The van der Waals surface area contributed by atoms with Crippen LogP contribution in [0.2, 0.25) is 0 Å². The SMILES string of the molecule is COc1ccc(CN(C(=O)COc2ccc(C)cc2Br)C2CC2)cc1. The van der Waals surface area contributed by atoms with Crippen molar-refractivity contribution in [2.45, 2.75) is 32.4 Å². The minimum atomic E-state index is 0.0193. The maximum Gasteiger partial charge on any atom is 0.261 e. The van der Waals surface area contributed by atoms with E-state index < -0.39 is 0 Å². The third-order valence-corrected chi connectivity index (χ3v) is 4.88. The van der Waals surface area contributed by atoms with E-state index in [2.05, 4.69) is 15.9 Å². The highest BCUT2D eigenvalue weighted by atomic mass is 79.9. The Labute approximate surface area is 156 Å². The van der Waals surface area contributed by atoms with Crippen molar-refractivity contribution < 1.29 is 14.3 Å². The Bertz CT molecular complexity index is 741. The number of hydrogen-bond acceptors (Lipinski definition) is 3. The fourth-order valence-electron chi connectivity index (χ4n) is 2.68. The van der Waals surface area contributed by atoms with Crippen LogP contribution >= 0.6 is 15.9 Å². The van der Waals surface area contributed by atoms with Gasteiger partial charge < -0.3 is 14.4 Å². The molecule has 25 heavy (non-hydrogen) atoms. The van der Waals surface area contributed by atoms with E-state index in [4.69, 9.17) is 9.47 Å². The Kier molecular flexibility index (Phi) is 5.63. The lowest BCUT2D eigenvalue weighted by Crippen LogP contribution is -2.36. The van der Waals surface area contributed by atoms with Crippen LogP contribution in [0.5, 0.6) is 11.5 Å². The maximum absolute atomic E-state index is 12.7. The Morgan fingerprint density at radius 1 is 1.20 bits per heavy atom. The lowest BCUT2D eigenvalue weighted by molar-refractivity contribution is -0.134. The molecular weight excluding hydrogens is 382 g/mol. The molecule has 2 aromatic carbocycles. The Morgan fingerprint density at radius 2 is 1.92 bits per heavy atom. The summed E-state index contributed by atoms with van der Waals surface area (Å²) in [5.74, 6) is 1.53. The maximum atomic E-state index is 12.7. The molecule has 0 heterocycles. The Balaban J connectivity index is 1.62. The number of carbonyl (C=O) groups is 1. The molecule has 4 nitrogen and oxygen atoms in total. The summed E-state index contributed by atoms with van der Waals surface area (Å²) in [6, 6.07) is 14.0. The highest BCUT2D eigenvalue weighted by Gasteiger charge is 2.32. The molecule has 1 saturated carbocycles. The van der Waals surface area contributed by atoms with Gasteiger partial charge >= 0.3 is 0 Å². The van der Waals surface area contributed by atoms with Gasteiger partial charge in [-0.15, -0.1) is 0 Å². The molecular formula is C20H22BrNO3. The predicted octanol–water partition coefficient (Wildman–Crippen LogP) is 4.34. The van der Waals surface area contributed by atoms with E-state index in [1.54, 1.807) is 7.11 Å². The van der Waals surface area contributed by atoms with Crippen LogP contribution in [0.3, 0.4) is 0 Å². The van der Waals surface area contributed by atoms with Crippen LogP contribution in [-0.4, -0.2) is 30.6 Å². The second kappa shape index (κ2) is 7.91. The van der Waals surface area contributed by atoms with Gasteiger partial charge in [0.1, 0.15) is 11.5 Å². The molecule has 1 aliphatic rings. The van der Waals surface area contributed by atoms with Crippen molar-refractivity contribution >= 4 is 21.8 Å². The number of nitrogens with zero attached hydrogens (tertiary/aromatic N) is 1. The summed E-state index contributed by atoms with van der Waals surface area (Å²) in [6.45, 7) is 2.67. The van der Waals surface area contributed by atoms with E-state index in [9.17, 15) is 4.79 Å². The highest BCUT2D eigenvalue weighted by molar-refractivity contribution is 9.10. The van der Waals surface area contributed by atoms with E-state index in [1.807, 2.05) is 54.3 Å². The fraction of sp³-hybridized carbons (Fsp3) is 0.350. The molecule has 0 bridgehead atoms. The van der Waals surface area contributed by atoms with Gasteiger partial charge in [-0.05, 0) is 71.1 Å². The summed E-state index contributed by atoms with van der Waals surface area (Å²) in [7, 11) is 1.65. The average molecular weight is 404 g/mol. The quantitative estimate of drug-likeness (QED) is 0.690. The minimum Gasteiger partial charge on any atom is -0.497 e. The average Bonchev–Trinajstić information content (AvgIpc) is 3.44. The fourth-order valence-corrected chi connectivity index (χ4v) is 3.29. The zero-order valence-electron chi connectivity index (χ0n) is 14.5. The normalized spacial score (nSPS) is 13.4. The number of halogens is 1. The molecule has 0 spiro atoms. The number of aryl methyl sites for hydroxylation is 1. The number of ether oxygens (including phenoxy) is 2. The van der Waals surface area contributed by atoms with Crippen molar-refractivity contribution in [3.05, 3.63) is 58.1 Å². The number of carbonyl (C=O) groups excluding carboxylic acids is 1. The molecule has 132 valence electrons. The van der Waals surface area contributed by atoms with Crippen LogP contribution in [-0.2, 0) is 11.3 Å². The molecule has 5 heteroatoms. The second-order valence-electron chi connectivity index (χ2n) is 6.32. The Hall–Kier alpha value is -2.01. The zero-order valence-corrected chi connectivity index (χ0v) is 16.1. The van der Waals surface area contributed by atoms with E-state index in [-0.39, 0.29) is 12.5 Å². The van der Waals surface area contributed by atoms with Crippen LogP contribution in [0.25, 0.3) is 0 Å². The molecule has 1 amide bonds. The molecule has 1 aliphatic carbocycles. The Morgan fingerprint density at radius 3 is 2.52 bits per heavy atom. The first-order chi connectivity index (χ1) is 12.1. The molecule has 0 saturated heterocycles. The van der Waals surface area contributed by atoms with Crippen molar-refractivity contribution in [3.63, 3.8) is 0 Å². The predicted molar refractivity (Wildman–Crippen MR) is 101 cm³/mol. The van der Waals surface area contributed by atoms with Crippen molar-refractivity contribution in [2.24, 2.45) is 0 Å². The van der Waals surface area contributed by atoms with Crippen molar-refractivity contribution in [3.8, 4) is 11.5 Å². The number of methoxy groups -OCH3 is 1. The van der Waals surface area contributed by atoms with Gasteiger partial charge in [-0.25, -0.2) is 0 Å². The van der Waals surface area contributed by atoms with Crippen LogP contribution in [0, 0.1) is 6.92 Å². The monoisotopic (exact) mass is 403 g/mol. The summed E-state index contributed by atoms with van der Waals surface area (Å²) < 4.78 is 11.8. The van der Waals surface area contributed by atoms with Gasteiger partial charge in [-0.1, -0.05) is 18.2 Å². The van der Waals surface area contributed by atoms with E-state index in [1.165, 1.54) is 0 Å². The van der Waals surface area contributed by atoms with Crippen LogP contribution < -0.4 is 9.47 Å². The standard InChI is InChI=1S/C20H22BrNO3/c1-14-3-10-19(18(21)11-14)25-13-20(23)22(16-6-7-16)12-15-4-8-17(24-2)9-5-15/h3-5,8-11,16H,6-7,12-13H2,1-2H3. The first-order valence-corrected chi connectivity index (χ1v) is 9.17. The summed E-state index contributed by atoms with van der Waals surface area (Å²) in [4.78, 5) is 14.6. The highest BCUT2D eigenvalue weighted by Crippen LogP contribution is 2.30. The first kappa shape index (κ1) is 17.8. The van der Waals surface area contributed by atoms with Gasteiger partial charge in [0.15, 0.2) is 6.61 Å². The zero-order chi connectivity index (χ0) is 17.8. The van der Waals surface area contributed by atoms with Gasteiger partial charge in [-0.3, -0.25) is 4.79 Å². The largest absolute Gasteiger partial charge is 0.497 e. The van der Waals surface area contributed by atoms with Crippen LogP contribution in [0.4, 0.5) is 0 Å². The van der Waals surface area contributed by atoms with E-state index in [0.717, 1.165) is 34.2 Å². The van der Waals surface area contributed by atoms with Gasteiger partial charge in [0.05, 0.1) is 11.6 Å². The van der Waals surface area contributed by atoms with Crippen LogP contribution in [0.1, 0.15) is 24.0 Å². The van der Waals surface area contributed by atoms with Gasteiger partial charge in [0.25, 0.3) is 5.91 Å². The van der Waals surface area contributed by atoms with Gasteiger partial charge in [0.2, 0.25) is 0 Å². The van der Waals surface area contributed by atoms with Crippen molar-refractivity contribution in [1.29, 1.82) is 0 Å². The third kappa shape index (κ3) is 4.75. The summed E-state index contributed by atoms with van der Waals surface area (Å²) in [6.07, 6.45) is 2.13. The summed E-state index contributed by atoms with van der Waals surface area (Å²) >= 11 is 3.48. The number of amides is 1. The molecule has 0 atom stereocenters. The first-order valence-electron chi connectivity index (χ1n) is 8.38. The molecule has 1 fully saturated rings. The van der Waals surface area contributed by atoms with E-state index in [0.29, 0.717) is 18.3 Å². The molecule has 0 radical (unpaired) electrons. The molecule has 3 rings (SSSR count). The minimum absolute atomic E-state index is 0.0193. The topological polar surface area (TPSA) is 38.8 Å². The molecule has 0 aromatic heterocycles. The molecule has 0 N–H and O–H groups in total. The molecule has 0 aliphatic heterocycles. The second-order valence-corrected chi connectivity index (χ2v) is 7.18.